The number of alkyl halides is 2. The van der Waals surface area contributed by atoms with Gasteiger partial charge in [-0.05, 0) is 44.2 Å². The number of primary amides is 1. The van der Waals surface area contributed by atoms with E-state index < -0.39 is 41.7 Å². The molecular weight excluding hydrogens is 354 g/mol. The first-order valence-electron chi connectivity index (χ1n) is 8.80. The third-order valence-corrected chi connectivity index (χ3v) is 5.33. The summed E-state index contributed by atoms with van der Waals surface area (Å²) < 4.78 is 33.3. The summed E-state index contributed by atoms with van der Waals surface area (Å²) >= 11 is 0. The third kappa shape index (κ3) is 3.36. The molecule has 2 amide bonds. The Morgan fingerprint density at radius 1 is 1.22 bits per heavy atom. The SMILES string of the molecule is C#CC(=O)N(c1ccc2c(c1)OC(C)(C)C2)C1(C(N)=O)CCC(F)(F)CC1. The van der Waals surface area contributed by atoms with Crippen LogP contribution in [0.3, 0.4) is 0 Å². The maximum atomic E-state index is 13.7. The molecule has 5 nitrogen and oxygen atoms in total. The smallest absolute Gasteiger partial charge is 0.303 e. The molecule has 0 radical (unpaired) electrons. The van der Waals surface area contributed by atoms with E-state index in [4.69, 9.17) is 16.9 Å². The van der Waals surface area contributed by atoms with E-state index in [0.717, 1.165) is 10.5 Å². The van der Waals surface area contributed by atoms with E-state index in [9.17, 15) is 18.4 Å². The number of ether oxygens (including phenoxy) is 1. The van der Waals surface area contributed by atoms with Crippen molar-refractivity contribution >= 4 is 17.5 Å². The number of terminal acetylenes is 1. The molecule has 2 N–H and O–H groups in total. The van der Waals surface area contributed by atoms with Gasteiger partial charge in [-0.3, -0.25) is 14.5 Å². The second-order valence-electron chi connectivity index (χ2n) is 7.87. The molecule has 27 heavy (non-hydrogen) atoms. The predicted octanol–water partition coefficient (Wildman–Crippen LogP) is 2.80. The fourth-order valence-electron chi connectivity index (χ4n) is 3.95. The molecule has 1 saturated carbocycles. The van der Waals surface area contributed by atoms with E-state index >= 15 is 0 Å². The minimum Gasteiger partial charge on any atom is -0.487 e. The molecule has 7 heteroatoms. The van der Waals surface area contributed by atoms with Crippen LogP contribution in [0.4, 0.5) is 14.5 Å². The molecule has 1 heterocycles. The zero-order chi connectivity index (χ0) is 20.0. The van der Waals surface area contributed by atoms with E-state index in [1.54, 1.807) is 18.2 Å². The topological polar surface area (TPSA) is 72.6 Å². The number of rotatable bonds is 3. The van der Waals surface area contributed by atoms with Crippen molar-refractivity contribution in [3.8, 4) is 18.1 Å². The number of hydrogen-bond acceptors (Lipinski definition) is 3. The van der Waals surface area contributed by atoms with Gasteiger partial charge in [-0.25, -0.2) is 8.78 Å². The van der Waals surface area contributed by atoms with Crippen molar-refractivity contribution in [2.24, 2.45) is 5.73 Å². The first-order valence-corrected chi connectivity index (χ1v) is 8.80. The van der Waals surface area contributed by atoms with Gasteiger partial charge < -0.3 is 10.5 Å². The van der Waals surface area contributed by atoms with E-state index in [1.807, 2.05) is 19.8 Å². The van der Waals surface area contributed by atoms with Crippen LogP contribution in [0.5, 0.6) is 5.75 Å². The molecule has 0 unspecified atom stereocenters. The number of hydrogen-bond donors (Lipinski definition) is 1. The molecule has 0 bridgehead atoms. The summed E-state index contributed by atoms with van der Waals surface area (Å²) in [6.45, 7) is 3.87. The van der Waals surface area contributed by atoms with Gasteiger partial charge in [0.1, 0.15) is 16.9 Å². The zero-order valence-electron chi connectivity index (χ0n) is 15.4. The van der Waals surface area contributed by atoms with Crippen LogP contribution in [0.15, 0.2) is 18.2 Å². The highest BCUT2D eigenvalue weighted by molar-refractivity contribution is 6.11. The Kier molecular flexibility index (Phi) is 4.41. The quantitative estimate of drug-likeness (QED) is 0.825. The molecule has 3 rings (SSSR count). The van der Waals surface area contributed by atoms with E-state index in [1.165, 1.54) is 0 Å². The average Bonchev–Trinajstić information content (AvgIpc) is 2.89. The second kappa shape index (κ2) is 6.22. The lowest BCUT2D eigenvalue weighted by Gasteiger charge is -2.44. The molecule has 0 spiro atoms. The maximum absolute atomic E-state index is 13.7. The lowest BCUT2D eigenvalue weighted by atomic mass is 9.77. The van der Waals surface area contributed by atoms with Gasteiger partial charge in [0, 0.05) is 31.0 Å². The van der Waals surface area contributed by atoms with Crippen molar-refractivity contribution in [1.82, 2.24) is 0 Å². The van der Waals surface area contributed by atoms with Gasteiger partial charge in [0.2, 0.25) is 11.8 Å². The van der Waals surface area contributed by atoms with Gasteiger partial charge in [0.15, 0.2) is 0 Å². The fraction of sp³-hybridized carbons (Fsp3) is 0.500. The van der Waals surface area contributed by atoms with Crippen LogP contribution >= 0.6 is 0 Å². The Morgan fingerprint density at radius 2 is 1.85 bits per heavy atom. The first-order chi connectivity index (χ1) is 12.5. The largest absolute Gasteiger partial charge is 0.487 e. The van der Waals surface area contributed by atoms with Gasteiger partial charge in [0.05, 0.1) is 0 Å². The zero-order valence-corrected chi connectivity index (χ0v) is 15.4. The van der Waals surface area contributed by atoms with Gasteiger partial charge in [-0.1, -0.05) is 6.07 Å². The number of benzene rings is 1. The summed E-state index contributed by atoms with van der Waals surface area (Å²) in [4.78, 5) is 26.0. The highest BCUT2D eigenvalue weighted by Gasteiger charge is 2.52. The summed E-state index contributed by atoms with van der Waals surface area (Å²) in [6, 6.07) is 5.06. The summed E-state index contributed by atoms with van der Waals surface area (Å²) in [5.74, 6) is -1.96. The average molecular weight is 376 g/mol. The molecule has 1 aliphatic heterocycles. The molecule has 1 fully saturated rings. The molecular formula is C20H22F2N2O3. The van der Waals surface area contributed by atoms with Gasteiger partial charge in [0.25, 0.3) is 0 Å². The van der Waals surface area contributed by atoms with Gasteiger partial charge in [-0.15, -0.1) is 6.42 Å². The Bertz CT molecular complexity index is 832. The molecule has 144 valence electrons. The molecule has 0 aromatic heterocycles. The number of nitrogens with two attached hydrogens (primary N) is 1. The standard InChI is InChI=1S/C20H22F2N2O3/c1-4-16(25)24(19(17(23)26)7-9-20(21,22)10-8-19)14-6-5-13-12-18(2,3)27-15(13)11-14/h1,5-6,11H,7-10,12H2,2-3H3,(H2,23,26). The van der Waals surface area contributed by atoms with Crippen LogP contribution in [-0.2, 0) is 16.0 Å². The molecule has 2 aliphatic rings. The number of carbonyl (C=O) groups is 2. The lowest BCUT2D eigenvalue weighted by Crippen LogP contribution is -2.62. The number of carbonyl (C=O) groups excluding carboxylic acids is 2. The van der Waals surface area contributed by atoms with Gasteiger partial charge in [-0.2, -0.15) is 0 Å². The highest BCUT2D eigenvalue weighted by Crippen LogP contribution is 2.45. The van der Waals surface area contributed by atoms with Crippen LogP contribution in [0.25, 0.3) is 0 Å². The molecule has 1 aliphatic carbocycles. The number of nitrogens with zero attached hydrogens (tertiary/aromatic N) is 1. The minimum atomic E-state index is -2.89. The number of amides is 2. The van der Waals surface area contributed by atoms with Crippen molar-refractivity contribution in [3.05, 3.63) is 23.8 Å². The highest BCUT2D eigenvalue weighted by atomic mass is 19.3. The van der Waals surface area contributed by atoms with E-state index in [0.29, 0.717) is 17.9 Å². The van der Waals surface area contributed by atoms with Crippen molar-refractivity contribution < 1.29 is 23.1 Å². The van der Waals surface area contributed by atoms with Crippen molar-refractivity contribution in [1.29, 1.82) is 0 Å². The number of halogens is 2. The third-order valence-electron chi connectivity index (χ3n) is 5.33. The summed E-state index contributed by atoms with van der Waals surface area (Å²) in [5.41, 5.74) is 4.89. The van der Waals surface area contributed by atoms with Crippen LogP contribution in [0.2, 0.25) is 0 Å². The molecule has 0 atom stereocenters. The van der Waals surface area contributed by atoms with Crippen molar-refractivity contribution in [3.63, 3.8) is 0 Å². The van der Waals surface area contributed by atoms with Crippen molar-refractivity contribution in [2.45, 2.75) is 63.0 Å². The van der Waals surface area contributed by atoms with E-state index in [-0.39, 0.29) is 12.8 Å². The molecule has 0 saturated heterocycles. The number of anilines is 1. The Hall–Kier alpha value is -2.62. The van der Waals surface area contributed by atoms with Crippen molar-refractivity contribution in [2.75, 3.05) is 4.90 Å². The normalized spacial score (nSPS) is 21.4. The van der Waals surface area contributed by atoms with Gasteiger partial charge >= 0.3 is 5.91 Å². The van der Waals surface area contributed by atoms with Crippen LogP contribution in [-0.4, -0.2) is 28.9 Å². The maximum Gasteiger partial charge on any atom is 0.303 e. The lowest BCUT2D eigenvalue weighted by molar-refractivity contribution is -0.131. The minimum absolute atomic E-state index is 0.258. The fourth-order valence-corrected chi connectivity index (χ4v) is 3.95. The Balaban J connectivity index is 2.06. The molecule has 1 aromatic carbocycles. The van der Waals surface area contributed by atoms with Crippen LogP contribution in [0, 0.1) is 12.3 Å². The van der Waals surface area contributed by atoms with E-state index in [2.05, 4.69) is 0 Å². The molecule has 1 aromatic rings. The number of fused-ring (bicyclic) bond motifs is 1. The summed E-state index contributed by atoms with van der Waals surface area (Å²) in [6.07, 6.45) is 4.40. The van der Waals surface area contributed by atoms with Crippen LogP contribution < -0.4 is 15.4 Å². The Morgan fingerprint density at radius 3 is 2.41 bits per heavy atom. The van der Waals surface area contributed by atoms with Crippen LogP contribution in [0.1, 0.15) is 45.1 Å². The summed E-state index contributed by atoms with van der Waals surface area (Å²) in [7, 11) is 0. The monoisotopic (exact) mass is 376 g/mol. The Labute approximate surface area is 156 Å². The predicted molar refractivity (Wildman–Crippen MR) is 96.5 cm³/mol. The second-order valence-corrected chi connectivity index (χ2v) is 7.87. The summed E-state index contributed by atoms with van der Waals surface area (Å²) in [5, 5.41) is 0. The first kappa shape index (κ1) is 19.2.